The van der Waals surface area contributed by atoms with Gasteiger partial charge in [0.25, 0.3) is 6.43 Å². The minimum atomic E-state index is -2.85. The summed E-state index contributed by atoms with van der Waals surface area (Å²) in [5.74, 6) is -0.572. The molecule has 0 aromatic carbocycles. The molecule has 0 aliphatic carbocycles. The van der Waals surface area contributed by atoms with Gasteiger partial charge in [-0.1, -0.05) is 0 Å². The summed E-state index contributed by atoms with van der Waals surface area (Å²) in [6.45, 7) is 0. The van der Waals surface area contributed by atoms with Gasteiger partial charge >= 0.3 is 0 Å². The summed E-state index contributed by atoms with van der Waals surface area (Å²) < 4.78 is 24.6. The smallest absolute Gasteiger partial charge is 0.266 e. The second-order valence-corrected chi connectivity index (χ2v) is 2.75. The van der Waals surface area contributed by atoms with Gasteiger partial charge in [0.15, 0.2) is 6.29 Å². The average molecular weight is 222 g/mol. The van der Waals surface area contributed by atoms with Crippen molar-refractivity contribution in [3.8, 4) is 5.75 Å². The van der Waals surface area contributed by atoms with Crippen molar-refractivity contribution >= 4 is 17.9 Å². The molecule has 0 radical (unpaired) electrons. The van der Waals surface area contributed by atoms with E-state index in [2.05, 4.69) is 4.98 Å². The van der Waals surface area contributed by atoms with Crippen LogP contribution in [-0.4, -0.2) is 16.4 Å². The van der Waals surface area contributed by atoms with Gasteiger partial charge in [-0.15, -0.1) is 11.6 Å². The highest BCUT2D eigenvalue weighted by Crippen LogP contribution is 2.27. The number of rotatable bonds is 3. The zero-order valence-electron chi connectivity index (χ0n) is 6.88. The Morgan fingerprint density at radius 3 is 2.71 bits per heavy atom. The molecule has 0 amide bonds. The average Bonchev–Trinajstić information content (AvgIpc) is 2.17. The lowest BCUT2D eigenvalue weighted by Gasteiger charge is -2.06. The van der Waals surface area contributed by atoms with Crippen LogP contribution in [0.15, 0.2) is 6.07 Å². The molecule has 0 aliphatic heterocycles. The summed E-state index contributed by atoms with van der Waals surface area (Å²) in [6, 6.07) is 0.805. The summed E-state index contributed by atoms with van der Waals surface area (Å²) in [6.07, 6.45) is -2.64. The fraction of sp³-hybridized carbons (Fsp3) is 0.250. The van der Waals surface area contributed by atoms with Crippen LogP contribution < -0.4 is 0 Å². The Morgan fingerprint density at radius 2 is 2.29 bits per heavy atom. The van der Waals surface area contributed by atoms with E-state index in [1.165, 1.54) is 0 Å². The number of hydrogen-bond acceptors (Lipinski definition) is 3. The predicted molar refractivity (Wildman–Crippen MR) is 45.8 cm³/mol. The molecule has 76 valence electrons. The van der Waals surface area contributed by atoms with Crippen LogP contribution in [0.3, 0.4) is 0 Å². The van der Waals surface area contributed by atoms with Gasteiger partial charge in [0.2, 0.25) is 0 Å². The Bertz CT molecular complexity index is 357. The topological polar surface area (TPSA) is 50.2 Å². The van der Waals surface area contributed by atoms with Crippen LogP contribution in [0.1, 0.15) is 28.2 Å². The van der Waals surface area contributed by atoms with Gasteiger partial charge < -0.3 is 5.11 Å². The van der Waals surface area contributed by atoms with Gasteiger partial charge in [-0.3, -0.25) is 4.79 Å². The van der Waals surface area contributed by atoms with E-state index in [9.17, 15) is 13.6 Å². The van der Waals surface area contributed by atoms with Gasteiger partial charge in [0.1, 0.15) is 11.4 Å². The molecule has 6 heteroatoms. The van der Waals surface area contributed by atoms with Crippen molar-refractivity contribution in [3.05, 3.63) is 23.0 Å². The Balaban J connectivity index is 3.31. The highest BCUT2D eigenvalue weighted by Gasteiger charge is 2.17. The van der Waals surface area contributed by atoms with E-state index in [0.29, 0.717) is 0 Å². The third-order valence-corrected chi connectivity index (χ3v) is 1.87. The summed E-state index contributed by atoms with van der Waals surface area (Å²) in [4.78, 5) is 13.9. The van der Waals surface area contributed by atoms with Gasteiger partial charge in [-0.05, 0) is 6.07 Å². The molecule has 0 atom stereocenters. The highest BCUT2D eigenvalue weighted by atomic mass is 35.5. The fourth-order valence-corrected chi connectivity index (χ4v) is 1.14. The van der Waals surface area contributed by atoms with E-state index in [1.807, 2.05) is 0 Å². The molecule has 0 saturated heterocycles. The largest absolute Gasteiger partial charge is 0.506 e. The SMILES string of the molecule is O=Cc1nc(CCl)c(O)cc1C(F)F. The van der Waals surface area contributed by atoms with Crippen molar-refractivity contribution in [2.45, 2.75) is 12.3 Å². The number of halogens is 3. The number of aromatic hydroxyl groups is 1. The van der Waals surface area contributed by atoms with Crippen molar-refractivity contribution in [1.29, 1.82) is 0 Å². The molecule has 0 fully saturated rings. The van der Waals surface area contributed by atoms with E-state index in [1.54, 1.807) is 0 Å². The van der Waals surface area contributed by atoms with Crippen LogP contribution in [-0.2, 0) is 5.88 Å². The predicted octanol–water partition coefficient (Wildman–Crippen LogP) is 2.28. The molecular formula is C8H6ClF2NO2. The van der Waals surface area contributed by atoms with Crippen LogP contribution >= 0.6 is 11.6 Å². The fourth-order valence-electron chi connectivity index (χ4n) is 0.939. The third kappa shape index (κ3) is 1.98. The highest BCUT2D eigenvalue weighted by molar-refractivity contribution is 6.17. The van der Waals surface area contributed by atoms with Crippen LogP contribution in [0.25, 0.3) is 0 Å². The van der Waals surface area contributed by atoms with Crippen molar-refractivity contribution in [1.82, 2.24) is 4.98 Å². The molecular weight excluding hydrogens is 216 g/mol. The number of hydrogen-bond donors (Lipinski definition) is 1. The summed E-state index contributed by atoms with van der Waals surface area (Å²) in [5.41, 5.74) is -0.974. The Hall–Kier alpha value is -1.23. The van der Waals surface area contributed by atoms with Gasteiger partial charge in [-0.25, -0.2) is 13.8 Å². The zero-order valence-corrected chi connectivity index (χ0v) is 7.63. The molecule has 1 N–H and O–H groups in total. The molecule has 0 saturated carbocycles. The van der Waals surface area contributed by atoms with Crippen LogP contribution in [0.5, 0.6) is 5.75 Å². The Labute approximate surface area is 83.3 Å². The quantitative estimate of drug-likeness (QED) is 0.629. The van der Waals surface area contributed by atoms with Gasteiger partial charge in [0, 0.05) is 0 Å². The third-order valence-electron chi connectivity index (χ3n) is 1.61. The number of aromatic nitrogens is 1. The van der Waals surface area contributed by atoms with E-state index in [4.69, 9.17) is 16.7 Å². The molecule has 14 heavy (non-hydrogen) atoms. The maximum atomic E-state index is 12.3. The first-order valence-electron chi connectivity index (χ1n) is 3.62. The van der Waals surface area contributed by atoms with E-state index < -0.39 is 23.4 Å². The lowest BCUT2D eigenvalue weighted by molar-refractivity contribution is 0.110. The second-order valence-electron chi connectivity index (χ2n) is 2.48. The van der Waals surface area contributed by atoms with Crippen molar-refractivity contribution in [3.63, 3.8) is 0 Å². The van der Waals surface area contributed by atoms with Crippen molar-refractivity contribution in [2.24, 2.45) is 0 Å². The normalized spacial score (nSPS) is 10.6. The number of aldehydes is 1. The number of pyridine rings is 1. The number of carbonyl (C=O) groups excluding carboxylic acids is 1. The summed E-state index contributed by atoms with van der Waals surface area (Å²) in [7, 11) is 0. The minimum Gasteiger partial charge on any atom is -0.506 e. The monoisotopic (exact) mass is 221 g/mol. The van der Waals surface area contributed by atoms with E-state index >= 15 is 0 Å². The lowest BCUT2D eigenvalue weighted by Crippen LogP contribution is -2.00. The first-order valence-corrected chi connectivity index (χ1v) is 4.15. The van der Waals surface area contributed by atoms with Crippen LogP contribution in [0, 0.1) is 0 Å². The molecule has 1 aromatic rings. The number of carbonyl (C=O) groups is 1. The molecule has 1 heterocycles. The number of alkyl halides is 3. The Morgan fingerprint density at radius 1 is 1.64 bits per heavy atom. The molecule has 0 aliphatic rings. The maximum Gasteiger partial charge on any atom is 0.266 e. The molecule has 1 rings (SSSR count). The summed E-state index contributed by atoms with van der Waals surface area (Å²) >= 11 is 5.37. The van der Waals surface area contributed by atoms with Crippen molar-refractivity contribution in [2.75, 3.05) is 0 Å². The first-order chi connectivity index (χ1) is 6.60. The molecule has 0 unspecified atom stereocenters. The maximum absolute atomic E-state index is 12.3. The molecule has 0 spiro atoms. The number of nitrogens with zero attached hydrogens (tertiary/aromatic N) is 1. The van der Waals surface area contributed by atoms with E-state index in [0.717, 1.165) is 6.07 Å². The second kappa shape index (κ2) is 4.32. The van der Waals surface area contributed by atoms with Gasteiger partial charge in [0.05, 0.1) is 17.1 Å². The molecule has 1 aromatic heterocycles. The Kier molecular flexibility index (Phi) is 3.35. The molecule has 3 nitrogen and oxygen atoms in total. The lowest BCUT2D eigenvalue weighted by atomic mass is 10.2. The van der Waals surface area contributed by atoms with Crippen LogP contribution in [0.4, 0.5) is 8.78 Å². The molecule has 0 bridgehead atoms. The zero-order chi connectivity index (χ0) is 10.7. The first kappa shape index (κ1) is 10.8. The standard InChI is InChI=1S/C8H6ClF2NO2/c9-2-5-7(14)1-4(8(10)11)6(3-13)12-5/h1,3,8,14H,2H2. The van der Waals surface area contributed by atoms with E-state index in [-0.39, 0.29) is 17.9 Å². The van der Waals surface area contributed by atoms with Crippen molar-refractivity contribution < 1.29 is 18.7 Å². The van der Waals surface area contributed by atoms with Crippen LogP contribution in [0.2, 0.25) is 0 Å². The van der Waals surface area contributed by atoms with Gasteiger partial charge in [-0.2, -0.15) is 0 Å². The summed E-state index contributed by atoms with van der Waals surface area (Å²) in [5, 5.41) is 9.16. The minimum absolute atomic E-state index is 0.0122.